The minimum absolute atomic E-state index is 0.0235. The van der Waals surface area contributed by atoms with Crippen LogP contribution in [0.15, 0.2) is 41.3 Å². The van der Waals surface area contributed by atoms with Crippen LogP contribution in [0.5, 0.6) is 0 Å². The second-order valence-electron chi connectivity index (χ2n) is 6.12. The van der Waals surface area contributed by atoms with Gasteiger partial charge in [0.1, 0.15) is 12.6 Å². The van der Waals surface area contributed by atoms with Crippen LogP contribution in [0.25, 0.3) is 10.8 Å². The molecule has 0 spiro atoms. The molecule has 9 heteroatoms. The zero-order valence-corrected chi connectivity index (χ0v) is 15.3. The highest BCUT2D eigenvalue weighted by molar-refractivity contribution is 7.89. The topological polar surface area (TPSA) is 104 Å². The number of hydrogen-bond acceptors (Lipinski definition) is 4. The Hall–Kier alpha value is -2.16. The molecule has 0 aromatic heterocycles. The number of amides is 1. The van der Waals surface area contributed by atoms with Crippen molar-refractivity contribution in [1.82, 2.24) is 9.62 Å². The fourth-order valence-corrected chi connectivity index (χ4v) is 4.43. The van der Waals surface area contributed by atoms with Crippen molar-refractivity contribution in [2.75, 3.05) is 13.1 Å². The highest BCUT2D eigenvalue weighted by Gasteiger charge is 2.33. The predicted molar refractivity (Wildman–Crippen MR) is 96.5 cm³/mol. The molecule has 7 nitrogen and oxygen atoms in total. The number of carbonyl (C=O) groups is 2. The van der Waals surface area contributed by atoms with Gasteiger partial charge in [0.25, 0.3) is 0 Å². The lowest BCUT2D eigenvalue weighted by Crippen LogP contribution is -2.53. The molecule has 138 valence electrons. The molecule has 1 saturated heterocycles. The Bertz CT molecular complexity index is 976. The minimum Gasteiger partial charge on any atom is -0.480 e. The summed E-state index contributed by atoms with van der Waals surface area (Å²) in [6, 6.07) is 8.82. The molecule has 1 fully saturated rings. The lowest BCUT2D eigenvalue weighted by atomic mass is 10.1. The number of aliphatic carboxylic acids is 1. The second kappa shape index (κ2) is 7.22. The average Bonchev–Trinajstić information content (AvgIpc) is 2.57. The molecule has 1 heterocycles. The molecule has 0 saturated carbocycles. The van der Waals surface area contributed by atoms with Crippen molar-refractivity contribution in [2.45, 2.75) is 23.8 Å². The van der Waals surface area contributed by atoms with Crippen molar-refractivity contribution in [1.29, 1.82) is 0 Å². The van der Waals surface area contributed by atoms with Gasteiger partial charge in [-0.2, -0.15) is 4.72 Å². The Morgan fingerprint density at radius 1 is 1.23 bits per heavy atom. The lowest BCUT2D eigenvalue weighted by molar-refractivity contribution is -0.146. The van der Waals surface area contributed by atoms with Gasteiger partial charge in [-0.1, -0.05) is 23.7 Å². The SMILES string of the molecule is O=C(O)CN1CCCC(NS(=O)(=O)c2ccc3ccc(Cl)cc3c2)C1=O. The molecule has 26 heavy (non-hydrogen) atoms. The smallest absolute Gasteiger partial charge is 0.323 e. The summed E-state index contributed by atoms with van der Waals surface area (Å²) < 4.78 is 27.7. The van der Waals surface area contributed by atoms with Crippen molar-refractivity contribution in [3.8, 4) is 0 Å². The molecular formula is C17H17ClN2O5S. The van der Waals surface area contributed by atoms with Crippen LogP contribution in [0.2, 0.25) is 5.02 Å². The van der Waals surface area contributed by atoms with E-state index in [-0.39, 0.29) is 4.90 Å². The van der Waals surface area contributed by atoms with Crippen molar-refractivity contribution in [3.63, 3.8) is 0 Å². The number of fused-ring (bicyclic) bond motifs is 1. The van der Waals surface area contributed by atoms with Gasteiger partial charge in [-0.25, -0.2) is 8.42 Å². The molecule has 2 N–H and O–H groups in total. The van der Waals surface area contributed by atoms with Crippen molar-refractivity contribution < 1.29 is 23.1 Å². The van der Waals surface area contributed by atoms with Gasteiger partial charge < -0.3 is 10.0 Å². The number of sulfonamides is 1. The molecule has 0 radical (unpaired) electrons. The Morgan fingerprint density at radius 3 is 2.69 bits per heavy atom. The van der Waals surface area contributed by atoms with Gasteiger partial charge in [0.15, 0.2) is 0 Å². The van der Waals surface area contributed by atoms with E-state index in [4.69, 9.17) is 16.7 Å². The molecule has 1 unspecified atom stereocenters. The van der Waals surface area contributed by atoms with Crippen molar-refractivity contribution in [3.05, 3.63) is 41.4 Å². The molecular weight excluding hydrogens is 380 g/mol. The van der Waals surface area contributed by atoms with E-state index in [0.717, 1.165) is 10.3 Å². The first kappa shape index (κ1) is 18.6. The number of rotatable bonds is 5. The number of piperidine rings is 1. The van der Waals surface area contributed by atoms with E-state index in [9.17, 15) is 18.0 Å². The number of hydrogen-bond donors (Lipinski definition) is 2. The second-order valence-corrected chi connectivity index (χ2v) is 8.27. The molecule has 0 bridgehead atoms. The molecule has 1 amide bonds. The summed E-state index contributed by atoms with van der Waals surface area (Å²) >= 11 is 5.95. The lowest BCUT2D eigenvalue weighted by Gasteiger charge is -2.31. The fourth-order valence-electron chi connectivity index (χ4n) is 2.99. The largest absolute Gasteiger partial charge is 0.480 e. The van der Waals surface area contributed by atoms with Crippen molar-refractivity contribution >= 4 is 44.3 Å². The minimum atomic E-state index is -3.94. The van der Waals surface area contributed by atoms with Gasteiger partial charge in [-0.05, 0) is 47.9 Å². The van der Waals surface area contributed by atoms with E-state index >= 15 is 0 Å². The Kier molecular flexibility index (Phi) is 5.17. The zero-order chi connectivity index (χ0) is 18.9. The number of nitrogens with zero attached hydrogens (tertiary/aromatic N) is 1. The van der Waals surface area contributed by atoms with Gasteiger partial charge in [0.05, 0.1) is 4.90 Å². The molecule has 0 aliphatic carbocycles. The average molecular weight is 397 g/mol. The van der Waals surface area contributed by atoms with E-state index < -0.39 is 34.5 Å². The van der Waals surface area contributed by atoms with Crippen LogP contribution in [-0.4, -0.2) is 49.4 Å². The van der Waals surface area contributed by atoms with E-state index in [1.165, 1.54) is 12.1 Å². The molecule has 2 aromatic carbocycles. The summed E-state index contributed by atoms with van der Waals surface area (Å²) in [5.41, 5.74) is 0. The van der Waals surface area contributed by atoms with Crippen LogP contribution in [0.1, 0.15) is 12.8 Å². The van der Waals surface area contributed by atoms with Crippen LogP contribution >= 0.6 is 11.6 Å². The van der Waals surface area contributed by atoms with Gasteiger partial charge in [0, 0.05) is 11.6 Å². The van der Waals surface area contributed by atoms with E-state index in [1.54, 1.807) is 24.3 Å². The van der Waals surface area contributed by atoms with Crippen LogP contribution in [-0.2, 0) is 19.6 Å². The van der Waals surface area contributed by atoms with Gasteiger partial charge in [-0.15, -0.1) is 0 Å². The summed E-state index contributed by atoms with van der Waals surface area (Å²) in [6.07, 6.45) is 0.854. The Balaban J connectivity index is 1.84. The molecule has 2 aromatic rings. The van der Waals surface area contributed by atoms with Crippen LogP contribution in [0.4, 0.5) is 0 Å². The van der Waals surface area contributed by atoms with Crippen LogP contribution < -0.4 is 4.72 Å². The monoisotopic (exact) mass is 396 g/mol. The number of carboxylic acid groups (broad SMARTS) is 1. The number of likely N-dealkylation sites (tertiary alicyclic amines) is 1. The quantitative estimate of drug-likeness (QED) is 0.802. The van der Waals surface area contributed by atoms with E-state index in [1.807, 2.05) is 0 Å². The summed E-state index contributed by atoms with van der Waals surface area (Å²) in [6.45, 7) is -0.136. The van der Waals surface area contributed by atoms with Crippen LogP contribution in [0, 0.1) is 0 Å². The third-order valence-corrected chi connectivity index (χ3v) is 5.94. The summed E-state index contributed by atoms with van der Waals surface area (Å²) in [7, 11) is -3.94. The summed E-state index contributed by atoms with van der Waals surface area (Å²) in [5, 5.41) is 10.9. The number of carboxylic acids is 1. The number of carbonyl (C=O) groups excluding carboxylic acids is 1. The summed E-state index contributed by atoms with van der Waals surface area (Å²) in [4.78, 5) is 24.4. The molecule has 1 aliphatic rings. The maximum absolute atomic E-state index is 12.7. The third kappa shape index (κ3) is 3.98. The number of halogens is 1. The Labute approximate surface area is 155 Å². The maximum Gasteiger partial charge on any atom is 0.323 e. The first-order valence-corrected chi connectivity index (χ1v) is 9.84. The van der Waals surface area contributed by atoms with E-state index in [0.29, 0.717) is 29.8 Å². The maximum atomic E-state index is 12.7. The first-order chi connectivity index (χ1) is 12.3. The predicted octanol–water partition coefficient (Wildman–Crippen LogP) is 1.85. The standard InChI is InChI=1S/C17H17ClN2O5S/c18-13-5-3-11-4-6-14(9-12(11)8-13)26(24,25)19-15-2-1-7-20(17(15)23)10-16(21)22/h3-6,8-9,15,19H,1-2,7,10H2,(H,21,22). The molecule has 3 rings (SSSR count). The third-order valence-electron chi connectivity index (χ3n) is 4.24. The summed E-state index contributed by atoms with van der Waals surface area (Å²) in [5.74, 6) is -1.65. The van der Waals surface area contributed by atoms with Gasteiger partial charge >= 0.3 is 5.97 Å². The highest BCUT2D eigenvalue weighted by atomic mass is 35.5. The zero-order valence-electron chi connectivity index (χ0n) is 13.7. The normalized spacial score (nSPS) is 18.3. The van der Waals surface area contributed by atoms with E-state index in [2.05, 4.69) is 4.72 Å². The molecule has 1 atom stereocenters. The van der Waals surface area contributed by atoms with Gasteiger partial charge in [-0.3, -0.25) is 9.59 Å². The highest BCUT2D eigenvalue weighted by Crippen LogP contribution is 2.23. The Morgan fingerprint density at radius 2 is 1.96 bits per heavy atom. The molecule has 1 aliphatic heterocycles. The number of nitrogens with one attached hydrogen (secondary N) is 1. The first-order valence-electron chi connectivity index (χ1n) is 7.98. The van der Waals surface area contributed by atoms with Crippen LogP contribution in [0.3, 0.4) is 0 Å². The number of benzene rings is 2. The van der Waals surface area contributed by atoms with Gasteiger partial charge in [0.2, 0.25) is 15.9 Å². The van der Waals surface area contributed by atoms with Crippen molar-refractivity contribution in [2.24, 2.45) is 0 Å². The fraction of sp³-hybridized carbons (Fsp3) is 0.294.